The fourth-order valence-electron chi connectivity index (χ4n) is 3.38. The highest BCUT2D eigenvalue weighted by Crippen LogP contribution is 2.37. The van der Waals surface area contributed by atoms with Gasteiger partial charge in [-0.05, 0) is 54.2 Å². The fourth-order valence-corrected chi connectivity index (χ4v) is 3.73. The van der Waals surface area contributed by atoms with Crippen LogP contribution in [0.2, 0.25) is 0 Å². The van der Waals surface area contributed by atoms with Crippen LogP contribution in [0.4, 0.5) is 5.69 Å². The molecule has 1 aromatic heterocycles. The van der Waals surface area contributed by atoms with Gasteiger partial charge in [0.15, 0.2) is 0 Å². The maximum Gasteiger partial charge on any atom is 0.0564 e. The van der Waals surface area contributed by atoms with Crippen LogP contribution in [0.3, 0.4) is 0 Å². The van der Waals surface area contributed by atoms with Crippen LogP contribution < -0.4 is 10.2 Å². The van der Waals surface area contributed by atoms with E-state index in [0.29, 0.717) is 5.41 Å². The second-order valence-corrected chi connectivity index (χ2v) is 6.58. The quantitative estimate of drug-likeness (QED) is 0.864. The number of pyridine rings is 1. The molecule has 1 unspecified atom stereocenters. The maximum atomic E-state index is 4.29. The topological polar surface area (TPSA) is 28.2 Å². The third-order valence-electron chi connectivity index (χ3n) is 4.28. The SMILES string of the molecule is Brc1cncc(N2CCCC3(CCCNC3)C2)c1. The van der Waals surface area contributed by atoms with Crippen molar-refractivity contribution >= 4 is 21.6 Å². The lowest BCUT2D eigenvalue weighted by Crippen LogP contribution is -2.51. The van der Waals surface area contributed by atoms with Gasteiger partial charge in [-0.1, -0.05) is 0 Å². The van der Waals surface area contributed by atoms with E-state index in [1.807, 2.05) is 12.4 Å². The Hall–Kier alpha value is -0.610. The van der Waals surface area contributed by atoms with Crippen LogP contribution in [-0.4, -0.2) is 31.2 Å². The molecule has 0 amide bonds. The summed E-state index contributed by atoms with van der Waals surface area (Å²) in [5.74, 6) is 0. The summed E-state index contributed by atoms with van der Waals surface area (Å²) in [5, 5.41) is 3.58. The van der Waals surface area contributed by atoms with Gasteiger partial charge in [-0.25, -0.2) is 0 Å². The zero-order chi connectivity index (χ0) is 12.4. The van der Waals surface area contributed by atoms with Crippen molar-refractivity contribution in [3.8, 4) is 0 Å². The Balaban J connectivity index is 1.77. The first-order chi connectivity index (χ1) is 8.77. The van der Waals surface area contributed by atoms with Crippen molar-refractivity contribution in [2.45, 2.75) is 25.7 Å². The lowest BCUT2D eigenvalue weighted by atomic mass is 9.74. The summed E-state index contributed by atoms with van der Waals surface area (Å²) in [4.78, 5) is 6.80. The number of anilines is 1. The highest BCUT2D eigenvalue weighted by Gasteiger charge is 2.36. The van der Waals surface area contributed by atoms with E-state index in [9.17, 15) is 0 Å². The summed E-state index contributed by atoms with van der Waals surface area (Å²) in [7, 11) is 0. The normalized spacial score (nSPS) is 28.6. The molecule has 4 heteroatoms. The molecule has 2 aliphatic heterocycles. The van der Waals surface area contributed by atoms with Crippen LogP contribution in [-0.2, 0) is 0 Å². The van der Waals surface area contributed by atoms with Crippen LogP contribution in [0.15, 0.2) is 22.9 Å². The van der Waals surface area contributed by atoms with Gasteiger partial charge in [0.05, 0.1) is 11.9 Å². The summed E-state index contributed by atoms with van der Waals surface area (Å²) >= 11 is 3.51. The Morgan fingerprint density at radius 2 is 2.17 bits per heavy atom. The van der Waals surface area contributed by atoms with Crippen molar-refractivity contribution in [2.24, 2.45) is 5.41 Å². The van der Waals surface area contributed by atoms with Crippen LogP contribution in [0.5, 0.6) is 0 Å². The van der Waals surface area contributed by atoms with E-state index >= 15 is 0 Å². The molecule has 3 nitrogen and oxygen atoms in total. The monoisotopic (exact) mass is 309 g/mol. The van der Waals surface area contributed by atoms with Gasteiger partial charge in [-0.15, -0.1) is 0 Å². The second kappa shape index (κ2) is 5.17. The molecular formula is C14H20BrN3. The average Bonchev–Trinajstić information content (AvgIpc) is 2.40. The van der Waals surface area contributed by atoms with E-state index in [4.69, 9.17) is 0 Å². The molecule has 2 fully saturated rings. The zero-order valence-electron chi connectivity index (χ0n) is 10.7. The number of hydrogen-bond acceptors (Lipinski definition) is 3. The predicted octanol–water partition coefficient (Wildman–Crippen LogP) is 2.81. The number of piperidine rings is 2. The molecule has 1 spiro atoms. The first kappa shape index (κ1) is 12.4. The van der Waals surface area contributed by atoms with E-state index in [1.54, 1.807) is 0 Å². The Kier molecular flexibility index (Phi) is 3.57. The first-order valence-electron chi connectivity index (χ1n) is 6.84. The van der Waals surface area contributed by atoms with Gasteiger partial charge in [0.1, 0.15) is 0 Å². The summed E-state index contributed by atoms with van der Waals surface area (Å²) in [6, 6.07) is 2.18. The van der Waals surface area contributed by atoms with Gasteiger partial charge in [-0.2, -0.15) is 0 Å². The number of aromatic nitrogens is 1. The summed E-state index contributed by atoms with van der Waals surface area (Å²) in [6.45, 7) is 4.73. The van der Waals surface area contributed by atoms with Crippen LogP contribution >= 0.6 is 15.9 Å². The molecule has 0 saturated carbocycles. The Morgan fingerprint density at radius 1 is 1.28 bits per heavy atom. The smallest absolute Gasteiger partial charge is 0.0564 e. The summed E-state index contributed by atoms with van der Waals surface area (Å²) in [6.07, 6.45) is 9.21. The van der Waals surface area contributed by atoms with Crippen LogP contribution in [0.25, 0.3) is 0 Å². The Labute approximate surface area is 117 Å². The molecule has 3 heterocycles. The summed E-state index contributed by atoms with van der Waals surface area (Å²) in [5.41, 5.74) is 1.76. The Morgan fingerprint density at radius 3 is 2.94 bits per heavy atom. The molecule has 18 heavy (non-hydrogen) atoms. The van der Waals surface area contributed by atoms with Crippen molar-refractivity contribution in [1.82, 2.24) is 10.3 Å². The fraction of sp³-hybridized carbons (Fsp3) is 0.643. The molecule has 3 rings (SSSR count). The molecule has 2 saturated heterocycles. The third-order valence-corrected chi connectivity index (χ3v) is 4.71. The molecule has 2 aliphatic rings. The highest BCUT2D eigenvalue weighted by atomic mass is 79.9. The lowest BCUT2D eigenvalue weighted by Gasteiger charge is -2.46. The van der Waals surface area contributed by atoms with Crippen LogP contribution in [0.1, 0.15) is 25.7 Å². The van der Waals surface area contributed by atoms with Crippen molar-refractivity contribution in [3.05, 3.63) is 22.9 Å². The van der Waals surface area contributed by atoms with Crippen LogP contribution in [0, 0.1) is 5.41 Å². The summed E-state index contributed by atoms with van der Waals surface area (Å²) < 4.78 is 1.07. The number of hydrogen-bond donors (Lipinski definition) is 1. The third kappa shape index (κ3) is 2.54. The van der Waals surface area contributed by atoms with Gasteiger partial charge in [-0.3, -0.25) is 4.98 Å². The van der Waals surface area contributed by atoms with Crippen molar-refractivity contribution in [3.63, 3.8) is 0 Å². The molecule has 0 bridgehead atoms. The molecule has 1 aromatic rings. The Bertz CT molecular complexity index is 410. The second-order valence-electron chi connectivity index (χ2n) is 5.67. The molecule has 0 aliphatic carbocycles. The maximum absolute atomic E-state index is 4.29. The van der Waals surface area contributed by atoms with Crippen molar-refractivity contribution in [1.29, 1.82) is 0 Å². The molecule has 0 radical (unpaired) electrons. The van der Waals surface area contributed by atoms with Gasteiger partial charge in [0, 0.05) is 35.7 Å². The molecular weight excluding hydrogens is 290 g/mol. The molecule has 1 N–H and O–H groups in total. The minimum atomic E-state index is 0.499. The molecule has 0 aromatic carbocycles. The van der Waals surface area contributed by atoms with Gasteiger partial charge < -0.3 is 10.2 Å². The standard InChI is InChI=1S/C14H20BrN3/c15-12-7-13(9-17-8-12)18-6-2-4-14(11-18)3-1-5-16-10-14/h7-9,16H,1-6,10-11H2. The molecule has 1 atom stereocenters. The van der Waals surface area contributed by atoms with E-state index in [-0.39, 0.29) is 0 Å². The average molecular weight is 310 g/mol. The van der Waals surface area contributed by atoms with E-state index < -0.39 is 0 Å². The van der Waals surface area contributed by atoms with Gasteiger partial charge in [0.2, 0.25) is 0 Å². The minimum absolute atomic E-state index is 0.499. The van der Waals surface area contributed by atoms with Crippen molar-refractivity contribution in [2.75, 3.05) is 31.1 Å². The minimum Gasteiger partial charge on any atom is -0.370 e. The van der Waals surface area contributed by atoms with E-state index in [2.05, 4.69) is 37.2 Å². The van der Waals surface area contributed by atoms with Gasteiger partial charge >= 0.3 is 0 Å². The lowest BCUT2D eigenvalue weighted by molar-refractivity contribution is 0.173. The highest BCUT2D eigenvalue weighted by molar-refractivity contribution is 9.10. The van der Waals surface area contributed by atoms with E-state index in [1.165, 1.54) is 57.5 Å². The number of halogens is 1. The van der Waals surface area contributed by atoms with Gasteiger partial charge in [0.25, 0.3) is 0 Å². The first-order valence-corrected chi connectivity index (χ1v) is 7.63. The predicted molar refractivity (Wildman–Crippen MR) is 77.9 cm³/mol. The van der Waals surface area contributed by atoms with E-state index in [0.717, 1.165) is 4.47 Å². The molecule has 98 valence electrons. The largest absolute Gasteiger partial charge is 0.370 e. The van der Waals surface area contributed by atoms with Crippen molar-refractivity contribution < 1.29 is 0 Å². The number of rotatable bonds is 1. The zero-order valence-corrected chi connectivity index (χ0v) is 12.2. The number of nitrogens with zero attached hydrogens (tertiary/aromatic N) is 2. The number of nitrogens with one attached hydrogen (secondary N) is 1.